The summed E-state index contributed by atoms with van der Waals surface area (Å²) in [7, 11) is 0. The SMILES string of the molecule is CC(C)=CCC[C@]1(C)O[C@@H]1CC/C(C)=C/CC[C@@]1(C)[C@H](CCCO)/C(=C(/C)C=O)CC[C@]1(C)O. The van der Waals surface area contributed by atoms with E-state index in [-0.39, 0.29) is 23.5 Å². The van der Waals surface area contributed by atoms with Crippen molar-refractivity contribution >= 4 is 6.29 Å². The van der Waals surface area contributed by atoms with Crippen LogP contribution >= 0.6 is 0 Å². The van der Waals surface area contributed by atoms with Crippen LogP contribution in [0.2, 0.25) is 0 Å². The Bertz CT molecular complexity index is 786. The smallest absolute Gasteiger partial charge is 0.145 e. The number of hydrogen-bond acceptors (Lipinski definition) is 4. The Morgan fingerprint density at radius 2 is 1.74 bits per heavy atom. The van der Waals surface area contributed by atoms with Gasteiger partial charge in [0.2, 0.25) is 0 Å². The van der Waals surface area contributed by atoms with Crippen molar-refractivity contribution in [2.75, 3.05) is 6.61 Å². The van der Waals surface area contributed by atoms with Gasteiger partial charge >= 0.3 is 0 Å². The quantitative estimate of drug-likeness (QED) is 0.132. The molecule has 5 atom stereocenters. The molecule has 4 heteroatoms. The lowest BCUT2D eigenvalue weighted by Gasteiger charge is -2.53. The highest BCUT2D eigenvalue weighted by molar-refractivity contribution is 5.74. The predicted molar refractivity (Wildman–Crippen MR) is 141 cm³/mol. The van der Waals surface area contributed by atoms with Gasteiger partial charge in [0, 0.05) is 12.0 Å². The number of ether oxygens (including phenoxy) is 1. The number of carbonyl (C=O) groups is 1. The van der Waals surface area contributed by atoms with E-state index in [0.29, 0.717) is 18.9 Å². The Morgan fingerprint density at radius 3 is 2.35 bits per heavy atom. The van der Waals surface area contributed by atoms with Crippen LogP contribution in [0.25, 0.3) is 0 Å². The van der Waals surface area contributed by atoms with Gasteiger partial charge in [-0.25, -0.2) is 0 Å². The molecular formula is C30H50O4. The molecular weight excluding hydrogens is 424 g/mol. The van der Waals surface area contributed by atoms with Crippen molar-refractivity contribution in [3.05, 3.63) is 34.4 Å². The molecule has 2 fully saturated rings. The summed E-state index contributed by atoms with van der Waals surface area (Å²) in [6, 6.07) is 0. The summed E-state index contributed by atoms with van der Waals surface area (Å²) in [5.41, 5.74) is 3.64. The monoisotopic (exact) mass is 474 g/mol. The van der Waals surface area contributed by atoms with E-state index in [9.17, 15) is 15.0 Å². The Kier molecular flexibility index (Phi) is 10.4. The maximum atomic E-state index is 11.6. The van der Waals surface area contributed by atoms with Crippen molar-refractivity contribution in [2.24, 2.45) is 11.3 Å². The second-order valence-electron chi connectivity index (χ2n) is 11.8. The molecule has 0 amide bonds. The summed E-state index contributed by atoms with van der Waals surface area (Å²) in [4.78, 5) is 11.6. The van der Waals surface area contributed by atoms with Crippen LogP contribution in [0.15, 0.2) is 34.4 Å². The molecule has 34 heavy (non-hydrogen) atoms. The van der Waals surface area contributed by atoms with Crippen LogP contribution in [-0.2, 0) is 9.53 Å². The Morgan fingerprint density at radius 1 is 1.06 bits per heavy atom. The first kappa shape index (κ1) is 29.0. The maximum absolute atomic E-state index is 11.6. The van der Waals surface area contributed by atoms with E-state index in [0.717, 1.165) is 63.2 Å². The normalized spacial score (nSPS) is 35.1. The van der Waals surface area contributed by atoms with Gasteiger partial charge in [0.05, 0.1) is 17.3 Å². The molecule has 0 aromatic rings. The van der Waals surface area contributed by atoms with Crippen LogP contribution in [0.1, 0.15) is 113 Å². The molecule has 1 aliphatic carbocycles. The van der Waals surface area contributed by atoms with Crippen molar-refractivity contribution in [1.29, 1.82) is 0 Å². The second kappa shape index (κ2) is 12.1. The average Bonchev–Trinajstić information content (AvgIpc) is 3.42. The van der Waals surface area contributed by atoms with Crippen LogP contribution in [0.4, 0.5) is 0 Å². The third-order valence-corrected chi connectivity index (χ3v) is 8.82. The van der Waals surface area contributed by atoms with Gasteiger partial charge in [-0.15, -0.1) is 0 Å². The summed E-state index contributed by atoms with van der Waals surface area (Å²) in [5, 5.41) is 20.9. The lowest BCUT2D eigenvalue weighted by Crippen LogP contribution is -2.52. The van der Waals surface area contributed by atoms with Crippen molar-refractivity contribution in [3.63, 3.8) is 0 Å². The summed E-state index contributed by atoms with van der Waals surface area (Å²) in [6.45, 7) is 14.9. The highest BCUT2D eigenvalue weighted by Gasteiger charge is 2.52. The molecule has 0 spiro atoms. The minimum absolute atomic E-state index is 0.0413. The molecule has 0 unspecified atom stereocenters. The van der Waals surface area contributed by atoms with Gasteiger partial charge in [0.15, 0.2) is 0 Å². The van der Waals surface area contributed by atoms with Crippen LogP contribution in [0.3, 0.4) is 0 Å². The standard InChI is InChI=1S/C30H50O4/c1-22(2)11-8-18-29(6)27(34-29)15-14-23(3)12-9-17-28(5)26(13-10-20-31)25(24(4)21-32)16-19-30(28,7)33/h11-12,21,26-27,31,33H,8-10,13-20H2,1-7H3/b23-12+,25-24-/t26-,27-,28+,29+,30+/m1/s1. The highest BCUT2D eigenvalue weighted by Crippen LogP contribution is 2.55. The van der Waals surface area contributed by atoms with Gasteiger partial charge in [-0.3, -0.25) is 4.79 Å². The first-order valence-electron chi connectivity index (χ1n) is 13.3. The summed E-state index contributed by atoms with van der Waals surface area (Å²) >= 11 is 0. The Hall–Kier alpha value is -1.23. The van der Waals surface area contributed by atoms with Crippen LogP contribution in [-0.4, -0.2) is 40.4 Å². The highest BCUT2D eigenvalue weighted by atomic mass is 16.6. The zero-order chi connectivity index (χ0) is 25.6. The van der Waals surface area contributed by atoms with E-state index in [1.807, 2.05) is 13.8 Å². The van der Waals surface area contributed by atoms with Crippen molar-refractivity contribution < 1.29 is 19.7 Å². The van der Waals surface area contributed by atoms with E-state index in [2.05, 4.69) is 46.8 Å². The first-order chi connectivity index (χ1) is 15.9. The van der Waals surface area contributed by atoms with Gasteiger partial charge in [0.25, 0.3) is 0 Å². The molecule has 1 heterocycles. The van der Waals surface area contributed by atoms with E-state index < -0.39 is 5.60 Å². The summed E-state index contributed by atoms with van der Waals surface area (Å²) in [5.74, 6) is 0.115. The molecule has 0 aromatic carbocycles. The molecule has 1 saturated heterocycles. The Labute approximate surface area is 208 Å². The van der Waals surface area contributed by atoms with Crippen LogP contribution < -0.4 is 0 Å². The van der Waals surface area contributed by atoms with Crippen LogP contribution in [0, 0.1) is 11.3 Å². The third kappa shape index (κ3) is 7.15. The van der Waals surface area contributed by atoms with E-state index in [1.165, 1.54) is 16.7 Å². The lowest BCUT2D eigenvalue weighted by molar-refractivity contribution is -0.115. The maximum Gasteiger partial charge on any atom is 0.145 e. The number of epoxide rings is 1. The average molecular weight is 475 g/mol. The van der Waals surface area contributed by atoms with Gasteiger partial charge in [-0.05, 0) is 117 Å². The van der Waals surface area contributed by atoms with E-state index in [4.69, 9.17) is 4.74 Å². The molecule has 4 nitrogen and oxygen atoms in total. The Balaban J connectivity index is 1.99. The zero-order valence-corrected chi connectivity index (χ0v) is 22.9. The molecule has 194 valence electrons. The van der Waals surface area contributed by atoms with Gasteiger partial charge in [0.1, 0.15) is 6.29 Å². The zero-order valence-electron chi connectivity index (χ0n) is 22.9. The van der Waals surface area contributed by atoms with Gasteiger partial charge in [-0.2, -0.15) is 0 Å². The molecule has 1 saturated carbocycles. The molecule has 1 aliphatic heterocycles. The minimum atomic E-state index is -0.795. The number of rotatable bonds is 13. The van der Waals surface area contributed by atoms with Crippen LogP contribution in [0.5, 0.6) is 0 Å². The number of hydrogen-bond donors (Lipinski definition) is 2. The number of aldehydes is 1. The first-order valence-corrected chi connectivity index (χ1v) is 13.3. The fourth-order valence-electron chi connectivity index (χ4n) is 5.98. The minimum Gasteiger partial charge on any atom is -0.396 e. The third-order valence-electron chi connectivity index (χ3n) is 8.82. The van der Waals surface area contributed by atoms with Gasteiger partial charge < -0.3 is 14.9 Å². The molecule has 0 aromatic heterocycles. The number of carbonyl (C=O) groups excluding carboxylic acids is 1. The molecule has 2 N–H and O–H groups in total. The summed E-state index contributed by atoms with van der Waals surface area (Å²) in [6.07, 6.45) is 14.9. The van der Waals surface area contributed by atoms with Crippen molar-refractivity contribution in [2.45, 2.75) is 130 Å². The molecule has 2 aliphatic rings. The lowest BCUT2D eigenvalue weighted by atomic mass is 9.54. The van der Waals surface area contributed by atoms with Crippen molar-refractivity contribution in [3.8, 4) is 0 Å². The fourth-order valence-corrected chi connectivity index (χ4v) is 5.98. The fraction of sp³-hybridized carbons (Fsp3) is 0.767. The molecule has 0 radical (unpaired) electrons. The second-order valence-corrected chi connectivity index (χ2v) is 11.8. The largest absolute Gasteiger partial charge is 0.396 e. The number of aliphatic hydroxyl groups excluding tert-OH is 1. The predicted octanol–water partition coefficient (Wildman–Crippen LogP) is 6.85. The molecule has 2 rings (SSSR count). The number of aliphatic hydroxyl groups is 2. The molecule has 0 bridgehead atoms. The summed E-state index contributed by atoms with van der Waals surface area (Å²) < 4.78 is 6.03. The number of allylic oxidation sites excluding steroid dienone is 6. The van der Waals surface area contributed by atoms with Crippen molar-refractivity contribution in [1.82, 2.24) is 0 Å². The topological polar surface area (TPSA) is 70.1 Å². The van der Waals surface area contributed by atoms with E-state index in [1.54, 1.807) is 0 Å². The van der Waals surface area contributed by atoms with E-state index >= 15 is 0 Å². The van der Waals surface area contributed by atoms with Gasteiger partial charge in [-0.1, -0.05) is 35.8 Å².